The number of unbranched alkanes of at least 4 members (excludes halogenated alkanes) is 1. The van der Waals surface area contributed by atoms with Crippen LogP contribution in [0.25, 0.3) is 0 Å². The molecular weight excluding hydrogens is 285 g/mol. The van der Waals surface area contributed by atoms with Gasteiger partial charge in [-0.1, -0.05) is 19.4 Å². The first kappa shape index (κ1) is 16.0. The first-order valence-electron chi connectivity index (χ1n) is 7.35. The molecule has 1 atom stereocenters. The average Bonchev–Trinajstić information content (AvgIpc) is 2.92. The summed E-state index contributed by atoms with van der Waals surface area (Å²) >= 11 is 0. The Morgan fingerprint density at radius 1 is 1.45 bits per heavy atom. The van der Waals surface area contributed by atoms with Gasteiger partial charge in [-0.2, -0.15) is 5.10 Å². The van der Waals surface area contributed by atoms with Gasteiger partial charge in [0.1, 0.15) is 17.4 Å². The summed E-state index contributed by atoms with van der Waals surface area (Å²) < 4.78 is 20.3. The molecule has 0 saturated carbocycles. The molecular formula is C16H20FN3O2. The summed E-state index contributed by atoms with van der Waals surface area (Å²) in [6.45, 7) is 4.46. The standard InChI is InChI=1S/C16H20FN3O2/c1-3-4-10-20-15(8-9-18-20)19-16(21)12(2)22-14-7-5-6-13(17)11-14/h5-9,11-12H,3-4,10H2,1-2H3,(H,19,21). The van der Waals surface area contributed by atoms with Gasteiger partial charge in [-0.05, 0) is 25.5 Å². The van der Waals surface area contributed by atoms with Crippen LogP contribution in [-0.2, 0) is 11.3 Å². The van der Waals surface area contributed by atoms with Crippen molar-refractivity contribution in [3.63, 3.8) is 0 Å². The summed E-state index contributed by atoms with van der Waals surface area (Å²) in [5.74, 6) is 0.251. The summed E-state index contributed by atoms with van der Waals surface area (Å²) in [4.78, 5) is 12.2. The van der Waals surface area contributed by atoms with E-state index in [2.05, 4.69) is 17.3 Å². The molecule has 0 saturated heterocycles. The molecule has 2 rings (SSSR count). The van der Waals surface area contributed by atoms with Crippen LogP contribution in [0.1, 0.15) is 26.7 Å². The van der Waals surface area contributed by atoms with Crippen LogP contribution in [0.3, 0.4) is 0 Å². The molecule has 0 radical (unpaired) electrons. The molecule has 0 bridgehead atoms. The molecule has 1 heterocycles. The molecule has 0 aliphatic rings. The Kier molecular flexibility index (Phi) is 5.52. The predicted molar refractivity (Wildman–Crippen MR) is 82.3 cm³/mol. The highest BCUT2D eigenvalue weighted by Crippen LogP contribution is 2.15. The fourth-order valence-corrected chi connectivity index (χ4v) is 1.95. The maximum absolute atomic E-state index is 13.1. The normalized spacial score (nSPS) is 12.0. The number of rotatable bonds is 7. The highest BCUT2D eigenvalue weighted by atomic mass is 19.1. The van der Waals surface area contributed by atoms with Gasteiger partial charge in [0, 0.05) is 18.7 Å². The lowest BCUT2D eigenvalue weighted by molar-refractivity contribution is -0.122. The van der Waals surface area contributed by atoms with Gasteiger partial charge >= 0.3 is 0 Å². The van der Waals surface area contributed by atoms with Gasteiger partial charge in [0.25, 0.3) is 5.91 Å². The summed E-state index contributed by atoms with van der Waals surface area (Å²) in [5, 5.41) is 6.95. The second-order valence-electron chi connectivity index (χ2n) is 5.00. The second kappa shape index (κ2) is 7.59. The topological polar surface area (TPSA) is 56.2 Å². The molecule has 0 fully saturated rings. The van der Waals surface area contributed by atoms with Gasteiger partial charge in [-0.25, -0.2) is 9.07 Å². The van der Waals surface area contributed by atoms with E-state index in [4.69, 9.17) is 4.74 Å². The Morgan fingerprint density at radius 2 is 2.27 bits per heavy atom. The van der Waals surface area contributed by atoms with Crippen LogP contribution in [0, 0.1) is 5.82 Å². The Balaban J connectivity index is 1.95. The van der Waals surface area contributed by atoms with Crippen LogP contribution >= 0.6 is 0 Å². The van der Waals surface area contributed by atoms with Gasteiger partial charge in [-0.15, -0.1) is 0 Å². The van der Waals surface area contributed by atoms with Crippen molar-refractivity contribution in [3.8, 4) is 5.75 Å². The zero-order valence-corrected chi connectivity index (χ0v) is 12.8. The van der Waals surface area contributed by atoms with E-state index < -0.39 is 11.9 Å². The maximum Gasteiger partial charge on any atom is 0.266 e. The number of nitrogens with zero attached hydrogens (tertiary/aromatic N) is 2. The molecule has 2 aromatic rings. The third-order valence-electron chi connectivity index (χ3n) is 3.17. The van der Waals surface area contributed by atoms with E-state index in [-0.39, 0.29) is 5.91 Å². The van der Waals surface area contributed by atoms with Crippen molar-refractivity contribution in [2.75, 3.05) is 5.32 Å². The molecule has 5 nitrogen and oxygen atoms in total. The van der Waals surface area contributed by atoms with Gasteiger partial charge in [0.2, 0.25) is 0 Å². The summed E-state index contributed by atoms with van der Waals surface area (Å²) in [7, 11) is 0. The molecule has 1 N–H and O–H groups in total. The Hall–Kier alpha value is -2.37. The van der Waals surface area contributed by atoms with Crippen molar-refractivity contribution in [1.82, 2.24) is 9.78 Å². The highest BCUT2D eigenvalue weighted by molar-refractivity contribution is 5.93. The third-order valence-corrected chi connectivity index (χ3v) is 3.17. The van der Waals surface area contributed by atoms with Crippen molar-refractivity contribution in [2.45, 2.75) is 39.3 Å². The minimum atomic E-state index is -0.740. The molecule has 0 aliphatic heterocycles. The van der Waals surface area contributed by atoms with Crippen LogP contribution in [-0.4, -0.2) is 21.8 Å². The zero-order valence-electron chi connectivity index (χ0n) is 12.8. The number of halogens is 1. The first-order valence-corrected chi connectivity index (χ1v) is 7.35. The van der Waals surface area contributed by atoms with E-state index in [1.165, 1.54) is 18.2 Å². The lowest BCUT2D eigenvalue weighted by Crippen LogP contribution is -2.31. The number of carbonyl (C=O) groups excluding carboxylic acids is 1. The monoisotopic (exact) mass is 305 g/mol. The van der Waals surface area contributed by atoms with E-state index in [0.717, 1.165) is 19.4 Å². The van der Waals surface area contributed by atoms with E-state index in [1.807, 2.05) is 0 Å². The number of amides is 1. The minimum Gasteiger partial charge on any atom is -0.481 e. The van der Waals surface area contributed by atoms with Crippen LogP contribution in [0.15, 0.2) is 36.5 Å². The molecule has 6 heteroatoms. The third kappa shape index (κ3) is 4.31. The van der Waals surface area contributed by atoms with Crippen LogP contribution in [0.4, 0.5) is 10.2 Å². The molecule has 1 unspecified atom stereocenters. The number of anilines is 1. The molecule has 0 aliphatic carbocycles. The van der Waals surface area contributed by atoms with Gasteiger partial charge in [-0.3, -0.25) is 4.79 Å². The molecule has 1 aromatic carbocycles. The number of carbonyl (C=O) groups is 1. The zero-order chi connectivity index (χ0) is 15.9. The lowest BCUT2D eigenvalue weighted by atomic mass is 10.3. The molecule has 22 heavy (non-hydrogen) atoms. The lowest BCUT2D eigenvalue weighted by Gasteiger charge is -2.15. The number of nitrogens with one attached hydrogen (secondary N) is 1. The van der Waals surface area contributed by atoms with E-state index in [1.54, 1.807) is 29.9 Å². The van der Waals surface area contributed by atoms with E-state index in [9.17, 15) is 9.18 Å². The summed E-state index contributed by atoms with van der Waals surface area (Å²) in [6, 6.07) is 7.45. The summed E-state index contributed by atoms with van der Waals surface area (Å²) in [6.07, 6.45) is 2.94. The molecule has 1 aromatic heterocycles. The number of benzene rings is 1. The van der Waals surface area contributed by atoms with Gasteiger partial charge < -0.3 is 10.1 Å². The fraction of sp³-hybridized carbons (Fsp3) is 0.375. The average molecular weight is 305 g/mol. The smallest absolute Gasteiger partial charge is 0.266 e. The minimum absolute atomic E-state index is 0.303. The van der Waals surface area contributed by atoms with E-state index >= 15 is 0 Å². The molecule has 1 amide bonds. The first-order chi connectivity index (χ1) is 10.6. The van der Waals surface area contributed by atoms with Crippen LogP contribution in [0.2, 0.25) is 0 Å². The Labute approximate surface area is 129 Å². The Morgan fingerprint density at radius 3 is 3.00 bits per heavy atom. The van der Waals surface area contributed by atoms with Crippen LogP contribution in [0.5, 0.6) is 5.75 Å². The number of aromatic nitrogens is 2. The van der Waals surface area contributed by atoms with Crippen LogP contribution < -0.4 is 10.1 Å². The number of aryl methyl sites for hydroxylation is 1. The molecule has 0 spiro atoms. The fourth-order valence-electron chi connectivity index (χ4n) is 1.95. The highest BCUT2D eigenvalue weighted by Gasteiger charge is 2.16. The number of hydrogen-bond donors (Lipinski definition) is 1. The van der Waals surface area contributed by atoms with Crippen molar-refractivity contribution >= 4 is 11.7 Å². The Bertz CT molecular complexity index is 627. The molecule has 118 valence electrons. The maximum atomic E-state index is 13.1. The van der Waals surface area contributed by atoms with E-state index in [0.29, 0.717) is 11.6 Å². The van der Waals surface area contributed by atoms with Gasteiger partial charge in [0.05, 0.1) is 6.20 Å². The van der Waals surface area contributed by atoms with Gasteiger partial charge in [0.15, 0.2) is 6.10 Å². The summed E-state index contributed by atoms with van der Waals surface area (Å²) in [5.41, 5.74) is 0. The van der Waals surface area contributed by atoms with Crippen molar-refractivity contribution in [2.24, 2.45) is 0 Å². The predicted octanol–water partition coefficient (Wildman–Crippen LogP) is 3.23. The largest absolute Gasteiger partial charge is 0.481 e. The quantitative estimate of drug-likeness (QED) is 0.854. The van der Waals surface area contributed by atoms with Crippen molar-refractivity contribution in [3.05, 3.63) is 42.3 Å². The SMILES string of the molecule is CCCCn1nccc1NC(=O)C(C)Oc1cccc(F)c1. The van der Waals surface area contributed by atoms with Crippen molar-refractivity contribution < 1.29 is 13.9 Å². The number of ether oxygens (including phenoxy) is 1. The number of hydrogen-bond acceptors (Lipinski definition) is 3. The van der Waals surface area contributed by atoms with Crippen molar-refractivity contribution in [1.29, 1.82) is 0 Å². The second-order valence-corrected chi connectivity index (χ2v) is 5.00.